The highest BCUT2D eigenvalue weighted by Crippen LogP contribution is 2.32. The molecule has 7 heteroatoms. The maximum Gasteiger partial charge on any atom is 0.257 e. The van der Waals surface area contributed by atoms with Crippen LogP contribution >= 0.6 is 0 Å². The molecule has 0 bridgehead atoms. The van der Waals surface area contributed by atoms with E-state index < -0.39 is 11.7 Å². The fraction of sp³-hybridized carbons (Fsp3) is 0.280. The van der Waals surface area contributed by atoms with E-state index in [2.05, 4.69) is 10.3 Å². The Morgan fingerprint density at radius 2 is 2.00 bits per heavy atom. The van der Waals surface area contributed by atoms with Crippen molar-refractivity contribution in [2.45, 2.75) is 32.9 Å². The summed E-state index contributed by atoms with van der Waals surface area (Å²) in [5.41, 5.74) is 2.80. The van der Waals surface area contributed by atoms with Gasteiger partial charge in [0.15, 0.2) is 0 Å². The third kappa shape index (κ3) is 5.11. The van der Waals surface area contributed by atoms with Gasteiger partial charge in [0.25, 0.3) is 5.91 Å². The molecule has 0 aliphatic heterocycles. The highest BCUT2D eigenvalue weighted by molar-refractivity contribution is 5.97. The summed E-state index contributed by atoms with van der Waals surface area (Å²) in [5.74, 6) is -0.578. The van der Waals surface area contributed by atoms with Crippen molar-refractivity contribution in [1.29, 1.82) is 0 Å². The quantitative estimate of drug-likeness (QED) is 0.542. The number of amides is 1. The number of benzene rings is 2. The van der Waals surface area contributed by atoms with Crippen LogP contribution in [0.1, 0.15) is 39.9 Å². The molecule has 1 heterocycles. The Bertz CT molecular complexity index is 1150. The molecule has 2 N–H and O–H groups in total. The van der Waals surface area contributed by atoms with Gasteiger partial charge >= 0.3 is 0 Å². The van der Waals surface area contributed by atoms with E-state index in [0.29, 0.717) is 40.3 Å². The van der Waals surface area contributed by atoms with Crippen LogP contribution < -0.4 is 10.1 Å². The summed E-state index contributed by atoms with van der Waals surface area (Å²) in [6, 6.07) is 10.4. The summed E-state index contributed by atoms with van der Waals surface area (Å²) < 4.78 is 33.5. The van der Waals surface area contributed by atoms with E-state index in [0.717, 1.165) is 12.8 Å². The molecule has 0 radical (unpaired) electrons. The van der Waals surface area contributed by atoms with Gasteiger partial charge < -0.3 is 15.2 Å². The predicted octanol–water partition coefficient (Wildman–Crippen LogP) is 4.55. The van der Waals surface area contributed by atoms with E-state index in [1.165, 1.54) is 30.5 Å². The van der Waals surface area contributed by atoms with Crippen molar-refractivity contribution in [3.05, 3.63) is 82.5 Å². The molecule has 1 fully saturated rings. The number of hydrogen-bond donors (Lipinski definition) is 2. The molecule has 1 aromatic heterocycles. The fourth-order valence-corrected chi connectivity index (χ4v) is 3.34. The Morgan fingerprint density at radius 1 is 1.19 bits per heavy atom. The van der Waals surface area contributed by atoms with Gasteiger partial charge in [-0.05, 0) is 72.2 Å². The normalized spacial score (nSPS) is 13.1. The smallest absolute Gasteiger partial charge is 0.257 e. The summed E-state index contributed by atoms with van der Waals surface area (Å²) in [7, 11) is 0. The molecular weight excluding hydrogens is 414 g/mol. The van der Waals surface area contributed by atoms with Crippen LogP contribution in [0.5, 0.6) is 5.88 Å². The molecule has 32 heavy (non-hydrogen) atoms. The van der Waals surface area contributed by atoms with E-state index in [4.69, 9.17) is 4.74 Å². The number of carbonyl (C=O) groups is 1. The van der Waals surface area contributed by atoms with E-state index in [1.54, 1.807) is 25.1 Å². The van der Waals surface area contributed by atoms with Crippen molar-refractivity contribution >= 4 is 5.91 Å². The molecule has 1 aliphatic carbocycles. The summed E-state index contributed by atoms with van der Waals surface area (Å²) in [5, 5.41) is 12.4. The lowest BCUT2D eigenvalue weighted by Crippen LogP contribution is -2.24. The predicted molar refractivity (Wildman–Crippen MR) is 116 cm³/mol. The molecule has 0 saturated heterocycles. The second kappa shape index (κ2) is 9.44. The standard InChI is InChI=1S/C25H24F2N2O3/c1-15-2-3-17(8-23(15)27)11-28-24(31)22-9-19(12-29-25(22)32-14-16-4-5-16)21-10-20(26)7-6-18(21)13-30/h2-3,6-10,12,16,30H,4-5,11,13-14H2,1H3,(H,28,31). The lowest BCUT2D eigenvalue weighted by Gasteiger charge is -2.14. The number of rotatable bonds is 8. The van der Waals surface area contributed by atoms with Crippen molar-refractivity contribution in [1.82, 2.24) is 10.3 Å². The van der Waals surface area contributed by atoms with Crippen LogP contribution in [0.3, 0.4) is 0 Å². The molecule has 0 atom stereocenters. The average molecular weight is 438 g/mol. The average Bonchev–Trinajstić information content (AvgIpc) is 3.62. The van der Waals surface area contributed by atoms with Crippen LogP contribution in [0.2, 0.25) is 0 Å². The molecular formula is C25H24F2N2O3. The maximum absolute atomic E-state index is 13.9. The Kier molecular flexibility index (Phi) is 6.46. The van der Waals surface area contributed by atoms with Crippen molar-refractivity contribution in [2.24, 2.45) is 5.92 Å². The number of hydrogen-bond acceptors (Lipinski definition) is 4. The molecule has 5 nitrogen and oxygen atoms in total. The van der Waals surface area contributed by atoms with Gasteiger partial charge in [0, 0.05) is 18.3 Å². The molecule has 1 aliphatic rings. The van der Waals surface area contributed by atoms with E-state index in [9.17, 15) is 18.7 Å². The zero-order valence-electron chi connectivity index (χ0n) is 17.7. The first kappa shape index (κ1) is 21.9. The van der Waals surface area contributed by atoms with Gasteiger partial charge in [-0.1, -0.05) is 18.2 Å². The van der Waals surface area contributed by atoms with Gasteiger partial charge in [0.1, 0.15) is 17.2 Å². The first-order valence-electron chi connectivity index (χ1n) is 10.5. The number of aromatic nitrogens is 1. The van der Waals surface area contributed by atoms with Gasteiger partial charge in [-0.2, -0.15) is 0 Å². The summed E-state index contributed by atoms with van der Waals surface area (Å²) in [6.07, 6.45) is 3.67. The second-order valence-electron chi connectivity index (χ2n) is 8.06. The Balaban J connectivity index is 1.62. The number of nitrogens with one attached hydrogen (secondary N) is 1. The van der Waals surface area contributed by atoms with Gasteiger partial charge in [0.05, 0.1) is 13.2 Å². The summed E-state index contributed by atoms with van der Waals surface area (Å²) >= 11 is 0. The third-order valence-corrected chi connectivity index (χ3v) is 5.49. The van der Waals surface area contributed by atoms with Gasteiger partial charge in [-0.15, -0.1) is 0 Å². The second-order valence-corrected chi connectivity index (χ2v) is 8.06. The molecule has 0 unspecified atom stereocenters. The van der Waals surface area contributed by atoms with Crippen LogP contribution in [0, 0.1) is 24.5 Å². The van der Waals surface area contributed by atoms with Crippen molar-refractivity contribution < 1.29 is 23.4 Å². The number of aryl methyl sites for hydroxylation is 1. The van der Waals surface area contributed by atoms with Crippen LogP contribution in [-0.2, 0) is 13.2 Å². The minimum absolute atomic E-state index is 0.129. The monoisotopic (exact) mass is 438 g/mol. The lowest BCUT2D eigenvalue weighted by atomic mass is 10.00. The third-order valence-electron chi connectivity index (χ3n) is 5.49. The number of aliphatic hydroxyl groups excluding tert-OH is 1. The lowest BCUT2D eigenvalue weighted by molar-refractivity contribution is 0.0945. The van der Waals surface area contributed by atoms with Crippen molar-refractivity contribution in [3.63, 3.8) is 0 Å². The number of carbonyl (C=O) groups excluding carboxylic acids is 1. The first-order valence-corrected chi connectivity index (χ1v) is 10.5. The Morgan fingerprint density at radius 3 is 2.72 bits per heavy atom. The Hall–Kier alpha value is -3.32. The Labute approximate surface area is 185 Å². The molecule has 3 aromatic rings. The zero-order valence-corrected chi connectivity index (χ0v) is 17.7. The first-order chi connectivity index (χ1) is 15.4. The van der Waals surface area contributed by atoms with Crippen LogP contribution in [0.4, 0.5) is 8.78 Å². The van der Waals surface area contributed by atoms with Crippen molar-refractivity contribution in [2.75, 3.05) is 6.61 Å². The summed E-state index contributed by atoms with van der Waals surface area (Å²) in [6.45, 7) is 1.99. The van der Waals surface area contributed by atoms with E-state index in [1.807, 2.05) is 0 Å². The van der Waals surface area contributed by atoms with Gasteiger partial charge in [-0.25, -0.2) is 13.8 Å². The van der Waals surface area contributed by atoms with E-state index >= 15 is 0 Å². The van der Waals surface area contributed by atoms with Crippen molar-refractivity contribution in [3.8, 4) is 17.0 Å². The molecule has 1 amide bonds. The van der Waals surface area contributed by atoms with Gasteiger partial charge in [-0.3, -0.25) is 4.79 Å². The highest BCUT2D eigenvalue weighted by atomic mass is 19.1. The van der Waals surface area contributed by atoms with Crippen LogP contribution in [0.25, 0.3) is 11.1 Å². The molecule has 2 aromatic carbocycles. The topological polar surface area (TPSA) is 71.5 Å². The largest absolute Gasteiger partial charge is 0.477 e. The maximum atomic E-state index is 13.9. The zero-order chi connectivity index (χ0) is 22.7. The number of nitrogens with zero attached hydrogens (tertiary/aromatic N) is 1. The van der Waals surface area contributed by atoms with Gasteiger partial charge in [0.2, 0.25) is 5.88 Å². The molecule has 1 saturated carbocycles. The molecule has 4 rings (SSSR count). The minimum atomic E-state index is -0.460. The molecule has 166 valence electrons. The number of aliphatic hydroxyl groups is 1. The minimum Gasteiger partial charge on any atom is -0.477 e. The highest BCUT2D eigenvalue weighted by Gasteiger charge is 2.24. The van der Waals surface area contributed by atoms with Crippen LogP contribution in [-0.4, -0.2) is 22.6 Å². The number of halogens is 2. The fourth-order valence-electron chi connectivity index (χ4n) is 3.34. The SMILES string of the molecule is Cc1ccc(CNC(=O)c2cc(-c3cc(F)ccc3CO)cnc2OCC2CC2)cc1F. The van der Waals surface area contributed by atoms with Crippen LogP contribution in [0.15, 0.2) is 48.7 Å². The van der Waals surface area contributed by atoms with E-state index in [-0.39, 0.29) is 30.4 Å². The number of ether oxygens (including phenoxy) is 1. The number of pyridine rings is 1. The molecule has 0 spiro atoms. The summed E-state index contributed by atoms with van der Waals surface area (Å²) in [4.78, 5) is 17.3.